The van der Waals surface area contributed by atoms with Gasteiger partial charge in [-0.2, -0.15) is 0 Å². The Bertz CT molecular complexity index is 293. The Hall–Kier alpha value is -0.830. The molecule has 0 saturated heterocycles. The Labute approximate surface area is 88.1 Å². The number of unbranched alkanes of at least 4 members (excludes halogenated alkanes) is 2. The zero-order valence-corrected chi connectivity index (χ0v) is 8.85. The summed E-state index contributed by atoms with van der Waals surface area (Å²) in [6, 6.07) is 1.20. The fourth-order valence-electron chi connectivity index (χ4n) is 1.03. The largest absolute Gasteiger partial charge is 0.476 e. The molecular weight excluding hydrogens is 205 g/mol. The molecule has 0 aliphatic heterocycles. The summed E-state index contributed by atoms with van der Waals surface area (Å²) in [4.78, 5) is 3.75. The van der Waals surface area contributed by atoms with Crippen molar-refractivity contribution < 1.29 is 9.13 Å². The molecule has 0 unspecified atom stereocenters. The number of nitrogens with zero attached hydrogens (tertiary/aromatic N) is 1. The van der Waals surface area contributed by atoms with E-state index in [0.717, 1.165) is 19.3 Å². The van der Waals surface area contributed by atoms with Crippen molar-refractivity contribution in [1.29, 1.82) is 0 Å². The van der Waals surface area contributed by atoms with Gasteiger partial charge >= 0.3 is 0 Å². The van der Waals surface area contributed by atoms with Gasteiger partial charge in [0.2, 0.25) is 5.88 Å². The Kier molecular flexibility index (Phi) is 4.66. The standard InChI is InChI=1S/C10H13ClFNO/c1-2-3-4-5-14-10-9(12)6-8(11)7-13-10/h6-7H,2-5H2,1H3. The Balaban J connectivity index is 2.42. The average molecular weight is 218 g/mol. The van der Waals surface area contributed by atoms with E-state index in [1.165, 1.54) is 12.3 Å². The Morgan fingerprint density at radius 3 is 2.93 bits per heavy atom. The van der Waals surface area contributed by atoms with Gasteiger partial charge in [-0.3, -0.25) is 0 Å². The summed E-state index contributed by atoms with van der Waals surface area (Å²) >= 11 is 5.54. The maximum absolute atomic E-state index is 13.1. The molecule has 0 aliphatic carbocycles. The van der Waals surface area contributed by atoms with E-state index in [-0.39, 0.29) is 10.9 Å². The van der Waals surface area contributed by atoms with E-state index in [1.807, 2.05) is 0 Å². The van der Waals surface area contributed by atoms with Crippen LogP contribution in [0.15, 0.2) is 12.3 Å². The van der Waals surface area contributed by atoms with Crippen LogP contribution in [0.1, 0.15) is 26.2 Å². The van der Waals surface area contributed by atoms with Crippen molar-refractivity contribution >= 4 is 11.6 Å². The van der Waals surface area contributed by atoms with Crippen molar-refractivity contribution in [2.45, 2.75) is 26.2 Å². The molecule has 1 rings (SSSR count). The summed E-state index contributed by atoms with van der Waals surface area (Å²) in [6.07, 6.45) is 4.48. The van der Waals surface area contributed by atoms with Gasteiger partial charge in [-0.15, -0.1) is 0 Å². The lowest BCUT2D eigenvalue weighted by Crippen LogP contribution is -2.00. The molecule has 0 aromatic carbocycles. The number of hydrogen-bond donors (Lipinski definition) is 0. The fraction of sp³-hybridized carbons (Fsp3) is 0.500. The highest BCUT2D eigenvalue weighted by Crippen LogP contribution is 2.17. The minimum atomic E-state index is -0.506. The highest BCUT2D eigenvalue weighted by Gasteiger charge is 2.04. The average Bonchev–Trinajstić information content (AvgIpc) is 2.15. The van der Waals surface area contributed by atoms with Crippen LogP contribution in [-0.2, 0) is 0 Å². The maximum Gasteiger partial charge on any atom is 0.250 e. The van der Waals surface area contributed by atoms with Crippen LogP contribution >= 0.6 is 11.6 Å². The van der Waals surface area contributed by atoms with Crippen molar-refractivity contribution in [3.8, 4) is 5.88 Å². The first-order chi connectivity index (χ1) is 6.74. The molecule has 0 fully saturated rings. The zero-order chi connectivity index (χ0) is 10.4. The number of halogens is 2. The summed E-state index contributed by atoms with van der Waals surface area (Å²) < 4.78 is 18.2. The van der Waals surface area contributed by atoms with Crippen LogP contribution in [0.4, 0.5) is 4.39 Å². The van der Waals surface area contributed by atoms with Gasteiger partial charge < -0.3 is 4.74 Å². The van der Waals surface area contributed by atoms with Crippen LogP contribution in [0.2, 0.25) is 5.02 Å². The maximum atomic E-state index is 13.1. The predicted molar refractivity (Wildman–Crippen MR) is 54.2 cm³/mol. The lowest BCUT2D eigenvalue weighted by atomic mass is 10.3. The number of hydrogen-bond acceptors (Lipinski definition) is 2. The molecule has 0 atom stereocenters. The van der Waals surface area contributed by atoms with Crippen molar-refractivity contribution in [2.75, 3.05) is 6.61 Å². The summed E-state index contributed by atoms with van der Waals surface area (Å²) in [5.41, 5.74) is 0. The quantitative estimate of drug-likeness (QED) is 0.705. The van der Waals surface area contributed by atoms with Crippen LogP contribution < -0.4 is 4.74 Å². The second-order valence-corrected chi connectivity index (χ2v) is 3.43. The molecule has 1 aromatic heterocycles. The minimum absolute atomic E-state index is 0.0329. The van der Waals surface area contributed by atoms with Gasteiger partial charge in [0.25, 0.3) is 0 Å². The van der Waals surface area contributed by atoms with Crippen molar-refractivity contribution in [1.82, 2.24) is 4.98 Å². The SMILES string of the molecule is CCCCCOc1ncc(Cl)cc1F. The number of ether oxygens (including phenoxy) is 1. The molecule has 14 heavy (non-hydrogen) atoms. The number of rotatable bonds is 5. The summed E-state index contributed by atoms with van der Waals surface area (Å²) in [5.74, 6) is -0.473. The normalized spacial score (nSPS) is 10.2. The minimum Gasteiger partial charge on any atom is -0.476 e. The van der Waals surface area contributed by atoms with Crippen LogP contribution in [0, 0.1) is 5.82 Å². The summed E-state index contributed by atoms with van der Waals surface area (Å²) in [6.45, 7) is 2.60. The highest BCUT2D eigenvalue weighted by atomic mass is 35.5. The van der Waals surface area contributed by atoms with Gasteiger partial charge in [0, 0.05) is 6.20 Å². The lowest BCUT2D eigenvalue weighted by molar-refractivity contribution is 0.279. The summed E-state index contributed by atoms with van der Waals surface area (Å²) in [7, 11) is 0. The molecule has 4 heteroatoms. The van der Waals surface area contributed by atoms with Crippen LogP contribution in [-0.4, -0.2) is 11.6 Å². The van der Waals surface area contributed by atoms with Crippen LogP contribution in [0.25, 0.3) is 0 Å². The molecule has 0 radical (unpaired) electrons. The van der Waals surface area contributed by atoms with Gasteiger partial charge in [-0.05, 0) is 12.5 Å². The van der Waals surface area contributed by atoms with Gasteiger partial charge in [0.05, 0.1) is 11.6 Å². The first-order valence-electron chi connectivity index (χ1n) is 4.68. The Morgan fingerprint density at radius 1 is 1.50 bits per heavy atom. The van der Waals surface area contributed by atoms with Crippen LogP contribution in [0.5, 0.6) is 5.88 Å². The first kappa shape index (κ1) is 11.2. The predicted octanol–water partition coefficient (Wildman–Crippen LogP) is 3.44. The molecule has 2 nitrogen and oxygen atoms in total. The zero-order valence-electron chi connectivity index (χ0n) is 8.09. The second kappa shape index (κ2) is 5.81. The van der Waals surface area contributed by atoms with E-state index in [0.29, 0.717) is 6.61 Å². The third kappa shape index (κ3) is 3.50. The van der Waals surface area contributed by atoms with Gasteiger partial charge in [0.1, 0.15) is 0 Å². The topological polar surface area (TPSA) is 22.1 Å². The third-order valence-corrected chi connectivity index (χ3v) is 1.97. The summed E-state index contributed by atoms with van der Waals surface area (Å²) in [5, 5.41) is 0.281. The van der Waals surface area contributed by atoms with Gasteiger partial charge in [-0.25, -0.2) is 9.37 Å². The smallest absolute Gasteiger partial charge is 0.250 e. The molecule has 0 N–H and O–H groups in total. The molecular formula is C10H13ClFNO. The van der Waals surface area contributed by atoms with E-state index >= 15 is 0 Å². The third-order valence-electron chi connectivity index (χ3n) is 1.76. The van der Waals surface area contributed by atoms with Crippen molar-refractivity contribution in [3.63, 3.8) is 0 Å². The molecule has 1 aromatic rings. The first-order valence-corrected chi connectivity index (χ1v) is 5.05. The number of aromatic nitrogens is 1. The second-order valence-electron chi connectivity index (χ2n) is 3.00. The molecule has 0 saturated carbocycles. The van der Waals surface area contributed by atoms with Crippen molar-refractivity contribution in [2.24, 2.45) is 0 Å². The molecule has 0 spiro atoms. The Morgan fingerprint density at radius 2 is 2.29 bits per heavy atom. The van der Waals surface area contributed by atoms with E-state index < -0.39 is 5.82 Å². The molecule has 78 valence electrons. The van der Waals surface area contributed by atoms with Gasteiger partial charge in [0.15, 0.2) is 5.82 Å². The lowest BCUT2D eigenvalue weighted by Gasteiger charge is -2.05. The molecule has 0 bridgehead atoms. The monoisotopic (exact) mass is 217 g/mol. The highest BCUT2D eigenvalue weighted by molar-refractivity contribution is 6.30. The molecule has 0 amide bonds. The van der Waals surface area contributed by atoms with E-state index in [1.54, 1.807) is 0 Å². The van der Waals surface area contributed by atoms with Gasteiger partial charge in [-0.1, -0.05) is 31.4 Å². The molecule has 1 heterocycles. The van der Waals surface area contributed by atoms with Crippen LogP contribution in [0.3, 0.4) is 0 Å². The number of pyridine rings is 1. The van der Waals surface area contributed by atoms with E-state index in [9.17, 15) is 4.39 Å². The fourth-order valence-corrected chi connectivity index (χ4v) is 1.17. The van der Waals surface area contributed by atoms with Crippen molar-refractivity contribution in [3.05, 3.63) is 23.1 Å². The van der Waals surface area contributed by atoms with E-state index in [4.69, 9.17) is 16.3 Å². The van der Waals surface area contributed by atoms with E-state index in [2.05, 4.69) is 11.9 Å². The molecule has 0 aliphatic rings.